The molecule has 4 aromatic carbocycles. The van der Waals surface area contributed by atoms with Gasteiger partial charge in [-0.1, -0.05) is 35.9 Å². The van der Waals surface area contributed by atoms with Crippen molar-refractivity contribution < 1.29 is 34.8 Å². The van der Waals surface area contributed by atoms with Gasteiger partial charge in [0.15, 0.2) is 0 Å². The van der Waals surface area contributed by atoms with Gasteiger partial charge in [0.05, 0.1) is 20.4 Å². The molecule has 0 saturated carbocycles. The number of carbonyl (C=O) groups excluding carboxylic acids is 1. The van der Waals surface area contributed by atoms with Crippen LogP contribution in [-0.2, 0) is 26.2 Å². The van der Waals surface area contributed by atoms with Crippen molar-refractivity contribution in [1.82, 2.24) is 0 Å². The molecule has 0 heterocycles. The number of rotatable bonds is 8. The van der Waals surface area contributed by atoms with Gasteiger partial charge in [-0.05, 0) is 79.2 Å². The third-order valence-corrected chi connectivity index (χ3v) is 8.96. The minimum absolute atomic E-state index is 0.0330. The molecule has 0 fully saturated rings. The topological polar surface area (TPSA) is 121 Å². The lowest BCUT2D eigenvalue weighted by Gasteiger charge is -2.13. The fourth-order valence-corrected chi connectivity index (χ4v) is 6.29. The fourth-order valence-electron chi connectivity index (χ4n) is 3.69. The molecule has 0 aliphatic rings. The summed E-state index contributed by atoms with van der Waals surface area (Å²) in [6.45, 7) is 1.59. The van der Waals surface area contributed by atoms with E-state index in [9.17, 15) is 34.8 Å². The molecule has 0 aromatic heterocycles. The molecule has 0 spiro atoms. The molecule has 0 radical (unpaired) electrons. The highest BCUT2D eigenvalue weighted by atomic mass is 35.5. The van der Waals surface area contributed by atoms with Crippen LogP contribution in [0.15, 0.2) is 101 Å². The number of alkyl halides is 3. The SMILES string of the molecule is Cc1ccc(C(=O)Nc2ccc(S(=O)(=O)Nc3ccc(Cl)c(C(F)(F)F)c3)cc2)cc1S(=O)(=O)Nc1ccccc1. The molecule has 41 heavy (non-hydrogen) atoms. The molecule has 0 bridgehead atoms. The molecule has 0 unspecified atom stereocenters. The van der Waals surface area contributed by atoms with Crippen molar-refractivity contribution in [1.29, 1.82) is 0 Å². The Balaban J connectivity index is 1.49. The Labute approximate surface area is 239 Å². The number of hydrogen-bond donors (Lipinski definition) is 3. The average molecular weight is 624 g/mol. The fraction of sp³-hybridized carbons (Fsp3) is 0.0741. The monoisotopic (exact) mass is 623 g/mol. The zero-order valence-corrected chi connectivity index (χ0v) is 23.4. The van der Waals surface area contributed by atoms with Gasteiger partial charge in [0.1, 0.15) is 0 Å². The number of para-hydroxylation sites is 1. The first-order valence-corrected chi connectivity index (χ1v) is 15.0. The Bertz CT molecular complexity index is 1820. The quantitative estimate of drug-likeness (QED) is 0.206. The van der Waals surface area contributed by atoms with E-state index >= 15 is 0 Å². The van der Waals surface area contributed by atoms with E-state index in [0.29, 0.717) is 17.3 Å². The number of aryl methyl sites for hydroxylation is 1. The summed E-state index contributed by atoms with van der Waals surface area (Å²) in [6, 6.07) is 19.8. The Morgan fingerprint density at radius 1 is 0.732 bits per heavy atom. The summed E-state index contributed by atoms with van der Waals surface area (Å²) in [7, 11) is -8.29. The van der Waals surface area contributed by atoms with Gasteiger partial charge in [0.25, 0.3) is 26.0 Å². The van der Waals surface area contributed by atoms with Crippen LogP contribution in [0.2, 0.25) is 5.02 Å². The van der Waals surface area contributed by atoms with Gasteiger partial charge >= 0.3 is 6.18 Å². The van der Waals surface area contributed by atoms with Crippen LogP contribution in [0.25, 0.3) is 0 Å². The Morgan fingerprint density at radius 2 is 1.34 bits per heavy atom. The van der Waals surface area contributed by atoms with Crippen molar-refractivity contribution in [2.45, 2.75) is 22.9 Å². The van der Waals surface area contributed by atoms with E-state index in [1.54, 1.807) is 37.3 Å². The van der Waals surface area contributed by atoms with Crippen molar-refractivity contribution in [3.05, 3.63) is 113 Å². The smallest absolute Gasteiger partial charge is 0.322 e. The van der Waals surface area contributed by atoms with Gasteiger partial charge in [-0.15, -0.1) is 0 Å². The number of halogens is 4. The summed E-state index contributed by atoms with van der Waals surface area (Å²) >= 11 is 5.58. The second-order valence-electron chi connectivity index (χ2n) is 8.73. The highest BCUT2D eigenvalue weighted by Crippen LogP contribution is 2.36. The van der Waals surface area contributed by atoms with Gasteiger partial charge in [-0.25, -0.2) is 16.8 Å². The zero-order valence-electron chi connectivity index (χ0n) is 21.0. The maximum atomic E-state index is 13.1. The molecule has 3 N–H and O–H groups in total. The Morgan fingerprint density at radius 3 is 1.98 bits per heavy atom. The lowest BCUT2D eigenvalue weighted by Crippen LogP contribution is -2.17. The van der Waals surface area contributed by atoms with Gasteiger partial charge < -0.3 is 5.32 Å². The van der Waals surface area contributed by atoms with Crippen molar-refractivity contribution in [2.24, 2.45) is 0 Å². The number of sulfonamides is 2. The number of nitrogens with one attached hydrogen (secondary N) is 3. The summed E-state index contributed by atoms with van der Waals surface area (Å²) in [4.78, 5) is 12.5. The molecular formula is C27H21ClF3N3O5S2. The van der Waals surface area contributed by atoms with Crippen LogP contribution in [0.4, 0.5) is 30.2 Å². The molecule has 0 aliphatic heterocycles. The summed E-state index contributed by atoms with van der Waals surface area (Å²) < 4.78 is 95.2. The first kappa shape index (κ1) is 29.9. The van der Waals surface area contributed by atoms with E-state index in [0.717, 1.165) is 24.3 Å². The Kier molecular flexibility index (Phi) is 8.34. The van der Waals surface area contributed by atoms with Crippen LogP contribution >= 0.6 is 11.6 Å². The maximum absolute atomic E-state index is 13.1. The van der Waals surface area contributed by atoms with E-state index < -0.39 is 42.7 Å². The molecule has 0 saturated heterocycles. The molecule has 0 aliphatic carbocycles. The molecular weight excluding hydrogens is 603 g/mol. The molecule has 4 rings (SSSR count). The summed E-state index contributed by atoms with van der Waals surface area (Å²) in [5, 5.41) is 1.98. The molecule has 0 atom stereocenters. The van der Waals surface area contributed by atoms with Crippen molar-refractivity contribution in [3.63, 3.8) is 0 Å². The summed E-state index contributed by atoms with van der Waals surface area (Å²) in [5.74, 6) is -0.657. The molecule has 214 valence electrons. The number of anilines is 3. The zero-order chi connectivity index (χ0) is 30.0. The number of hydrogen-bond acceptors (Lipinski definition) is 5. The van der Waals surface area contributed by atoms with Crippen molar-refractivity contribution in [3.8, 4) is 0 Å². The predicted molar refractivity (Wildman–Crippen MR) is 150 cm³/mol. The normalized spacial score (nSPS) is 12.0. The largest absolute Gasteiger partial charge is 0.417 e. The number of amides is 1. The lowest BCUT2D eigenvalue weighted by atomic mass is 10.1. The lowest BCUT2D eigenvalue weighted by molar-refractivity contribution is -0.137. The summed E-state index contributed by atoms with van der Waals surface area (Å²) in [6.07, 6.45) is -4.78. The molecule has 8 nitrogen and oxygen atoms in total. The number of benzene rings is 4. The molecule has 14 heteroatoms. The van der Waals surface area contributed by atoms with Gasteiger partial charge in [-0.2, -0.15) is 13.2 Å². The van der Waals surface area contributed by atoms with E-state index in [1.165, 1.54) is 30.3 Å². The van der Waals surface area contributed by atoms with Crippen LogP contribution in [0.1, 0.15) is 21.5 Å². The molecule has 1 amide bonds. The van der Waals surface area contributed by atoms with Crippen LogP contribution in [0, 0.1) is 6.92 Å². The highest BCUT2D eigenvalue weighted by Gasteiger charge is 2.33. The first-order valence-electron chi connectivity index (χ1n) is 11.7. The van der Waals surface area contributed by atoms with Crippen molar-refractivity contribution in [2.75, 3.05) is 14.8 Å². The van der Waals surface area contributed by atoms with E-state index in [-0.39, 0.29) is 26.7 Å². The van der Waals surface area contributed by atoms with Gasteiger partial charge in [0.2, 0.25) is 0 Å². The predicted octanol–water partition coefficient (Wildman–Crippen LogP) is 6.52. The minimum atomic E-state index is -4.78. The van der Waals surface area contributed by atoms with Crippen LogP contribution < -0.4 is 14.8 Å². The van der Waals surface area contributed by atoms with Crippen molar-refractivity contribution >= 4 is 54.6 Å². The van der Waals surface area contributed by atoms with Crippen LogP contribution in [-0.4, -0.2) is 22.7 Å². The van der Waals surface area contributed by atoms with E-state index in [1.807, 2.05) is 0 Å². The minimum Gasteiger partial charge on any atom is -0.322 e. The standard InChI is InChI=1S/C27H21ClF3N3O5S2/c1-17-7-8-18(15-25(17)41(38,39)33-20-5-3-2-4-6-20)26(35)32-19-9-12-22(13-10-19)40(36,37)34-21-11-14-24(28)23(16-21)27(29,30)31/h2-16,33-34H,1H3,(H,32,35). The second kappa shape index (κ2) is 11.4. The third-order valence-electron chi connectivity index (χ3n) is 5.71. The summed E-state index contributed by atoms with van der Waals surface area (Å²) in [5.41, 5.74) is -0.553. The first-order chi connectivity index (χ1) is 19.2. The van der Waals surface area contributed by atoms with Crippen LogP contribution in [0.3, 0.4) is 0 Å². The maximum Gasteiger partial charge on any atom is 0.417 e. The van der Waals surface area contributed by atoms with Gasteiger partial charge in [-0.3, -0.25) is 14.2 Å². The van der Waals surface area contributed by atoms with Gasteiger partial charge in [0, 0.05) is 22.6 Å². The molecule has 4 aromatic rings. The third kappa shape index (κ3) is 7.17. The highest BCUT2D eigenvalue weighted by molar-refractivity contribution is 7.93. The van der Waals surface area contributed by atoms with E-state index in [4.69, 9.17) is 11.6 Å². The Hall–Kier alpha value is -4.07. The van der Waals surface area contributed by atoms with E-state index in [2.05, 4.69) is 14.8 Å². The second-order valence-corrected chi connectivity index (χ2v) is 12.5. The number of carbonyl (C=O) groups is 1. The average Bonchev–Trinajstić information content (AvgIpc) is 2.90. The van der Waals surface area contributed by atoms with Crippen LogP contribution in [0.5, 0.6) is 0 Å².